The molecule has 1 fully saturated rings. The Morgan fingerprint density at radius 3 is 2.63 bits per heavy atom. The average Bonchev–Trinajstić information content (AvgIpc) is 3.39. The fraction of sp³-hybridized carbons (Fsp3) is 0.174. The minimum absolute atomic E-state index is 0.316. The number of imide groups is 1. The highest BCUT2D eigenvalue weighted by molar-refractivity contribution is 6.00. The summed E-state index contributed by atoms with van der Waals surface area (Å²) in [5.41, 5.74) is 3.38. The number of rotatable bonds is 5. The Morgan fingerprint density at radius 1 is 1.03 bits per heavy atom. The van der Waals surface area contributed by atoms with Crippen LogP contribution in [0.25, 0.3) is 22.4 Å². The number of aryl methyl sites for hydroxylation is 1. The number of carbonyl (C=O) groups is 2. The summed E-state index contributed by atoms with van der Waals surface area (Å²) in [6.07, 6.45) is -0.670. The highest BCUT2D eigenvalue weighted by Gasteiger charge is 2.32. The summed E-state index contributed by atoms with van der Waals surface area (Å²) in [6, 6.07) is 17.4. The molecule has 7 heteroatoms. The van der Waals surface area contributed by atoms with Crippen LogP contribution in [0.5, 0.6) is 0 Å². The molecule has 0 unspecified atom stereocenters. The Kier molecular flexibility index (Phi) is 4.35. The first-order chi connectivity index (χ1) is 14.5. The third-order valence-corrected chi connectivity index (χ3v) is 5.07. The number of hydrogen-bond acceptors (Lipinski definition) is 6. The van der Waals surface area contributed by atoms with Crippen molar-refractivity contribution in [2.24, 2.45) is 0 Å². The number of furan rings is 1. The third kappa shape index (κ3) is 3.45. The second-order valence-corrected chi connectivity index (χ2v) is 7.24. The van der Waals surface area contributed by atoms with Gasteiger partial charge in [-0.2, -0.15) is 0 Å². The predicted octanol–water partition coefficient (Wildman–Crippen LogP) is 4.16. The van der Waals surface area contributed by atoms with Gasteiger partial charge < -0.3 is 13.6 Å². The van der Waals surface area contributed by atoms with E-state index in [0.717, 1.165) is 39.3 Å². The van der Waals surface area contributed by atoms with E-state index in [-0.39, 0.29) is 0 Å². The highest BCUT2D eigenvalue weighted by atomic mass is 16.6. The summed E-state index contributed by atoms with van der Waals surface area (Å²) in [5, 5.41) is 3.05. The average molecular weight is 402 g/mol. The molecule has 0 bridgehead atoms. The number of carbonyl (C=O) groups excluding carboxylic acids is 2. The Balaban J connectivity index is 1.36. The molecule has 2 aromatic heterocycles. The van der Waals surface area contributed by atoms with Gasteiger partial charge in [0.15, 0.2) is 6.10 Å². The number of nitrogens with zero attached hydrogens (tertiary/aromatic N) is 1. The number of benzene rings is 2. The maximum Gasteiger partial charge on any atom is 0.414 e. The summed E-state index contributed by atoms with van der Waals surface area (Å²) in [4.78, 5) is 27.5. The van der Waals surface area contributed by atoms with Gasteiger partial charge in [0, 0.05) is 17.4 Å². The molecule has 0 radical (unpaired) electrons. The lowest BCUT2D eigenvalue weighted by molar-refractivity contribution is -0.123. The zero-order valence-electron chi connectivity index (χ0n) is 16.2. The van der Waals surface area contributed by atoms with Gasteiger partial charge in [-0.1, -0.05) is 24.3 Å². The van der Waals surface area contributed by atoms with E-state index >= 15 is 0 Å². The summed E-state index contributed by atoms with van der Waals surface area (Å²) in [5.74, 6) is 1.70. The van der Waals surface area contributed by atoms with Gasteiger partial charge in [0.1, 0.15) is 17.1 Å². The normalized spacial score (nSPS) is 16.1. The minimum atomic E-state index is -0.796. The first kappa shape index (κ1) is 18.2. The third-order valence-electron chi connectivity index (χ3n) is 5.07. The van der Waals surface area contributed by atoms with Gasteiger partial charge in [0.05, 0.1) is 12.1 Å². The first-order valence-electron chi connectivity index (χ1n) is 9.60. The highest BCUT2D eigenvalue weighted by Crippen LogP contribution is 2.27. The van der Waals surface area contributed by atoms with Crippen molar-refractivity contribution in [1.82, 2.24) is 10.3 Å². The Labute approximate surface area is 171 Å². The molecule has 7 nitrogen and oxygen atoms in total. The predicted molar refractivity (Wildman–Crippen MR) is 108 cm³/mol. The SMILES string of the molecule is Cc1oc(-c2ccccc2)nc1Cc1cc2cc(C[C@H]3OC(=O)NC3=O)ccc2o1. The molecule has 1 saturated heterocycles. The monoisotopic (exact) mass is 402 g/mol. The molecule has 2 amide bonds. The number of amides is 2. The number of nitrogens with one attached hydrogen (secondary N) is 1. The molecule has 0 saturated carbocycles. The van der Waals surface area contributed by atoms with Gasteiger partial charge in [-0.25, -0.2) is 9.78 Å². The van der Waals surface area contributed by atoms with Crippen LogP contribution in [0.4, 0.5) is 4.79 Å². The molecule has 0 aliphatic carbocycles. The van der Waals surface area contributed by atoms with Crippen molar-refractivity contribution in [2.75, 3.05) is 0 Å². The Morgan fingerprint density at radius 2 is 1.87 bits per heavy atom. The number of oxazole rings is 1. The summed E-state index contributed by atoms with van der Waals surface area (Å²) < 4.78 is 16.8. The van der Waals surface area contributed by atoms with Crippen LogP contribution in [0.3, 0.4) is 0 Å². The smallest absolute Gasteiger partial charge is 0.414 e. The van der Waals surface area contributed by atoms with Crippen LogP contribution >= 0.6 is 0 Å². The molecule has 3 heterocycles. The van der Waals surface area contributed by atoms with Crippen LogP contribution in [0.15, 0.2) is 63.4 Å². The van der Waals surface area contributed by atoms with E-state index in [1.807, 2.05) is 61.5 Å². The molecular weight excluding hydrogens is 384 g/mol. The zero-order valence-corrected chi connectivity index (χ0v) is 16.2. The van der Waals surface area contributed by atoms with Crippen LogP contribution in [-0.4, -0.2) is 23.1 Å². The van der Waals surface area contributed by atoms with E-state index in [4.69, 9.17) is 13.6 Å². The van der Waals surface area contributed by atoms with Gasteiger partial charge in [0.2, 0.25) is 5.89 Å². The van der Waals surface area contributed by atoms with Crippen molar-refractivity contribution in [2.45, 2.75) is 25.9 Å². The van der Waals surface area contributed by atoms with Crippen molar-refractivity contribution in [3.63, 3.8) is 0 Å². The molecule has 1 aliphatic heterocycles. The number of ether oxygens (including phenoxy) is 1. The second-order valence-electron chi connectivity index (χ2n) is 7.24. The lowest BCUT2D eigenvalue weighted by atomic mass is 10.1. The lowest BCUT2D eigenvalue weighted by Gasteiger charge is -2.05. The van der Waals surface area contributed by atoms with Crippen molar-refractivity contribution in [3.05, 3.63) is 77.4 Å². The van der Waals surface area contributed by atoms with Gasteiger partial charge >= 0.3 is 6.09 Å². The number of alkyl carbamates (subject to hydrolysis) is 1. The molecule has 1 aliphatic rings. The van der Waals surface area contributed by atoms with Crippen molar-refractivity contribution >= 4 is 23.0 Å². The molecular formula is C23H18N2O5. The molecule has 5 rings (SSSR count). The first-order valence-corrected chi connectivity index (χ1v) is 9.60. The van der Waals surface area contributed by atoms with Crippen molar-refractivity contribution in [3.8, 4) is 11.5 Å². The largest absolute Gasteiger partial charge is 0.461 e. The van der Waals surface area contributed by atoms with Crippen LogP contribution in [0.1, 0.15) is 22.8 Å². The van der Waals surface area contributed by atoms with E-state index in [9.17, 15) is 9.59 Å². The van der Waals surface area contributed by atoms with E-state index < -0.39 is 18.1 Å². The summed E-state index contributed by atoms with van der Waals surface area (Å²) in [7, 11) is 0. The lowest BCUT2D eigenvalue weighted by Crippen LogP contribution is -2.25. The number of cyclic esters (lactones) is 1. The number of hydrogen-bond donors (Lipinski definition) is 1. The van der Waals surface area contributed by atoms with E-state index in [1.54, 1.807) is 0 Å². The number of fused-ring (bicyclic) bond motifs is 1. The molecule has 2 aromatic carbocycles. The van der Waals surface area contributed by atoms with Gasteiger partial charge in [-0.05, 0) is 42.8 Å². The van der Waals surface area contributed by atoms with Gasteiger partial charge in [-0.3, -0.25) is 10.1 Å². The summed E-state index contributed by atoms with van der Waals surface area (Å²) in [6.45, 7) is 1.89. The van der Waals surface area contributed by atoms with E-state index in [2.05, 4.69) is 10.3 Å². The van der Waals surface area contributed by atoms with Crippen molar-refractivity contribution in [1.29, 1.82) is 0 Å². The van der Waals surface area contributed by atoms with Crippen LogP contribution in [0, 0.1) is 6.92 Å². The minimum Gasteiger partial charge on any atom is -0.461 e. The van der Waals surface area contributed by atoms with Gasteiger partial charge in [-0.15, -0.1) is 0 Å². The molecule has 1 atom stereocenters. The maximum absolute atomic E-state index is 11.7. The maximum atomic E-state index is 11.7. The summed E-state index contributed by atoms with van der Waals surface area (Å²) >= 11 is 0. The van der Waals surface area contributed by atoms with Crippen LogP contribution < -0.4 is 5.32 Å². The molecule has 150 valence electrons. The van der Waals surface area contributed by atoms with Crippen molar-refractivity contribution < 1.29 is 23.2 Å². The van der Waals surface area contributed by atoms with E-state index in [1.165, 1.54) is 0 Å². The molecule has 0 spiro atoms. The second kappa shape index (κ2) is 7.18. The Bertz CT molecular complexity index is 1260. The fourth-order valence-electron chi connectivity index (χ4n) is 3.56. The molecule has 4 aromatic rings. The molecule has 1 N–H and O–H groups in total. The Hall–Kier alpha value is -3.87. The fourth-order valence-corrected chi connectivity index (χ4v) is 3.56. The quantitative estimate of drug-likeness (QED) is 0.539. The molecule has 30 heavy (non-hydrogen) atoms. The number of aromatic nitrogens is 1. The van der Waals surface area contributed by atoms with Gasteiger partial charge in [0.25, 0.3) is 5.91 Å². The zero-order chi connectivity index (χ0) is 20.7. The topological polar surface area (TPSA) is 94.6 Å². The van der Waals surface area contributed by atoms with E-state index in [0.29, 0.717) is 18.7 Å². The van der Waals surface area contributed by atoms with Crippen LogP contribution in [-0.2, 0) is 22.4 Å². The van der Waals surface area contributed by atoms with Crippen LogP contribution in [0.2, 0.25) is 0 Å². The standard InChI is InChI=1S/C23H18N2O5/c1-13-18(24-22(28-13)15-5-3-2-4-6-15)12-17-11-16-9-14(7-8-19(16)29-17)10-20-21(26)25-23(27)30-20/h2-9,11,20H,10,12H2,1H3,(H,25,26,27)/t20-/m1/s1.